The van der Waals surface area contributed by atoms with Crippen molar-refractivity contribution in [3.63, 3.8) is 0 Å². The first kappa shape index (κ1) is 23.5. The van der Waals surface area contributed by atoms with Gasteiger partial charge in [0, 0.05) is 24.7 Å². The Hall–Kier alpha value is -2.87. The number of hydrogen-bond donors (Lipinski definition) is 1. The van der Waals surface area contributed by atoms with Crippen LogP contribution in [0.15, 0.2) is 35.9 Å². The molecule has 4 fully saturated rings. The maximum atomic E-state index is 13.6. The van der Waals surface area contributed by atoms with E-state index >= 15 is 0 Å². The third-order valence-electron chi connectivity index (χ3n) is 8.98. The molecule has 192 valence electrons. The molecule has 4 heterocycles. The van der Waals surface area contributed by atoms with E-state index in [0.717, 1.165) is 37.9 Å². The number of para-hydroxylation sites is 1. The fourth-order valence-electron chi connectivity index (χ4n) is 7.41. The fourth-order valence-corrected chi connectivity index (χ4v) is 7.41. The molecule has 4 saturated heterocycles. The van der Waals surface area contributed by atoms with E-state index in [9.17, 15) is 14.4 Å². The number of carbonyl (C=O) groups excluding carboxylic acids is 3. The molecule has 5 atom stereocenters. The number of hydrogen-bond acceptors (Lipinski definition) is 5. The normalized spacial score (nSPS) is 31.9. The van der Waals surface area contributed by atoms with Crippen LogP contribution in [-0.2, 0) is 16.1 Å². The van der Waals surface area contributed by atoms with Crippen molar-refractivity contribution in [2.45, 2.75) is 69.6 Å². The lowest BCUT2D eigenvalue weighted by Gasteiger charge is -2.54. The summed E-state index contributed by atoms with van der Waals surface area (Å²) in [6, 6.07) is 6.90. The van der Waals surface area contributed by atoms with Crippen molar-refractivity contribution in [3.8, 4) is 5.75 Å². The molecule has 4 aliphatic heterocycles. The van der Waals surface area contributed by atoms with Crippen LogP contribution < -0.4 is 10.1 Å². The summed E-state index contributed by atoms with van der Waals surface area (Å²) in [7, 11) is 1.57. The number of rotatable bonds is 5. The van der Waals surface area contributed by atoms with Crippen molar-refractivity contribution in [1.29, 1.82) is 0 Å². The summed E-state index contributed by atoms with van der Waals surface area (Å²) in [4.78, 5) is 45.3. The summed E-state index contributed by atoms with van der Waals surface area (Å²) in [6.45, 7) is 3.09. The Kier molecular flexibility index (Phi) is 6.23. The van der Waals surface area contributed by atoms with Gasteiger partial charge < -0.3 is 15.0 Å². The standard InChI is InChI=1S/C28H36N4O4/c1-36-24-10-3-2-7-19(24)17-32-27(34)22(29-28(32)35)15-25(33)31-12-6-8-18-13-20-14-21(26(18)31)16-30-11-5-4-9-23(20)30/h2-3,7,10,13,20-23,26H,4-6,8-9,11-12,14-17H2,1H3,(H,29,35). The fraction of sp³-hybridized carbons (Fsp3) is 0.607. The van der Waals surface area contributed by atoms with Crippen molar-refractivity contribution in [2.75, 3.05) is 26.7 Å². The number of carbonyl (C=O) groups is 3. The first-order chi connectivity index (χ1) is 17.5. The van der Waals surface area contributed by atoms with Crippen LogP contribution >= 0.6 is 0 Å². The molecule has 0 aromatic heterocycles. The van der Waals surface area contributed by atoms with Gasteiger partial charge in [-0.2, -0.15) is 0 Å². The maximum Gasteiger partial charge on any atom is 0.325 e. The van der Waals surface area contributed by atoms with E-state index in [0.29, 0.717) is 23.6 Å². The molecule has 5 unspecified atom stereocenters. The molecule has 0 saturated carbocycles. The Bertz CT molecular complexity index is 1090. The summed E-state index contributed by atoms with van der Waals surface area (Å²) in [5.41, 5.74) is 2.19. The highest BCUT2D eigenvalue weighted by molar-refractivity contribution is 6.05. The third kappa shape index (κ3) is 4.09. The molecule has 4 amide bonds. The SMILES string of the molecule is COc1ccccc1CN1C(=O)NC(CC(=O)N2CCCC3=CC4CC(CN5CCCCC45)C32)C1=O. The second-order valence-corrected chi connectivity index (χ2v) is 11.0. The number of nitrogens with one attached hydrogen (secondary N) is 1. The molecule has 6 rings (SSSR count). The smallest absolute Gasteiger partial charge is 0.325 e. The number of methoxy groups -OCH3 is 1. The molecule has 5 aliphatic rings. The van der Waals surface area contributed by atoms with Gasteiger partial charge in [0.1, 0.15) is 11.8 Å². The summed E-state index contributed by atoms with van der Waals surface area (Å²) in [5, 5.41) is 2.76. The van der Waals surface area contributed by atoms with Crippen LogP contribution in [0.4, 0.5) is 4.79 Å². The number of urea groups is 1. The average Bonchev–Trinajstić information content (AvgIpc) is 3.16. The zero-order valence-corrected chi connectivity index (χ0v) is 21.0. The number of imide groups is 1. The molecular formula is C28H36N4O4. The molecule has 8 nitrogen and oxygen atoms in total. The lowest BCUT2D eigenvalue weighted by atomic mass is 9.68. The van der Waals surface area contributed by atoms with E-state index < -0.39 is 12.1 Å². The van der Waals surface area contributed by atoms with Gasteiger partial charge in [-0.3, -0.25) is 19.4 Å². The Balaban J connectivity index is 1.15. The largest absolute Gasteiger partial charge is 0.496 e. The van der Waals surface area contributed by atoms with Crippen LogP contribution in [0.5, 0.6) is 5.75 Å². The van der Waals surface area contributed by atoms with Gasteiger partial charge in [0.25, 0.3) is 5.91 Å². The van der Waals surface area contributed by atoms with Gasteiger partial charge in [-0.05, 0) is 56.6 Å². The van der Waals surface area contributed by atoms with Crippen LogP contribution in [0, 0.1) is 11.8 Å². The quantitative estimate of drug-likeness (QED) is 0.505. The molecule has 0 radical (unpaired) electrons. The van der Waals surface area contributed by atoms with Gasteiger partial charge in [0.2, 0.25) is 5.91 Å². The molecule has 0 spiro atoms. The van der Waals surface area contributed by atoms with E-state index in [2.05, 4.69) is 16.3 Å². The van der Waals surface area contributed by atoms with Crippen LogP contribution in [-0.4, -0.2) is 77.4 Å². The highest BCUT2D eigenvalue weighted by Gasteiger charge is 2.48. The first-order valence-corrected chi connectivity index (χ1v) is 13.5. The number of benzene rings is 1. The predicted molar refractivity (Wildman–Crippen MR) is 134 cm³/mol. The number of piperidine rings is 3. The highest BCUT2D eigenvalue weighted by Crippen LogP contribution is 2.45. The van der Waals surface area contributed by atoms with E-state index in [4.69, 9.17) is 4.74 Å². The minimum Gasteiger partial charge on any atom is -0.496 e. The van der Waals surface area contributed by atoms with Gasteiger partial charge in [0.05, 0.1) is 26.1 Å². The number of fused-ring (bicyclic) bond motifs is 6. The lowest BCUT2D eigenvalue weighted by Crippen LogP contribution is -2.60. The number of nitrogens with zero attached hydrogens (tertiary/aromatic N) is 3. The van der Waals surface area contributed by atoms with E-state index in [1.807, 2.05) is 29.2 Å². The van der Waals surface area contributed by atoms with Crippen LogP contribution in [0.1, 0.15) is 50.5 Å². The number of likely N-dealkylation sites (tertiary alicyclic amines) is 1. The summed E-state index contributed by atoms with van der Waals surface area (Å²) in [6.07, 6.45) is 9.60. The van der Waals surface area contributed by atoms with Gasteiger partial charge in [-0.1, -0.05) is 36.3 Å². The number of ether oxygens (including phenoxy) is 1. The molecule has 1 aliphatic carbocycles. The zero-order valence-electron chi connectivity index (χ0n) is 21.0. The molecule has 36 heavy (non-hydrogen) atoms. The highest BCUT2D eigenvalue weighted by atomic mass is 16.5. The van der Waals surface area contributed by atoms with Crippen LogP contribution in [0.2, 0.25) is 0 Å². The molecular weight excluding hydrogens is 456 g/mol. The van der Waals surface area contributed by atoms with Crippen molar-refractivity contribution < 1.29 is 19.1 Å². The molecule has 1 aromatic carbocycles. The van der Waals surface area contributed by atoms with E-state index in [1.54, 1.807) is 7.11 Å². The van der Waals surface area contributed by atoms with E-state index in [1.165, 1.54) is 36.3 Å². The van der Waals surface area contributed by atoms with Crippen molar-refractivity contribution in [3.05, 3.63) is 41.5 Å². The minimum absolute atomic E-state index is 0.0132. The monoisotopic (exact) mass is 492 g/mol. The average molecular weight is 493 g/mol. The van der Waals surface area contributed by atoms with Gasteiger partial charge in [-0.25, -0.2) is 4.79 Å². The minimum atomic E-state index is -0.816. The van der Waals surface area contributed by atoms with Crippen LogP contribution in [0.25, 0.3) is 0 Å². The van der Waals surface area contributed by atoms with Crippen molar-refractivity contribution in [1.82, 2.24) is 20.0 Å². The van der Waals surface area contributed by atoms with Crippen molar-refractivity contribution in [2.24, 2.45) is 11.8 Å². The molecule has 1 N–H and O–H groups in total. The van der Waals surface area contributed by atoms with Gasteiger partial charge in [-0.15, -0.1) is 0 Å². The Morgan fingerprint density at radius 1 is 1.14 bits per heavy atom. The maximum absolute atomic E-state index is 13.6. The Morgan fingerprint density at radius 2 is 2.00 bits per heavy atom. The summed E-state index contributed by atoms with van der Waals surface area (Å²) < 4.78 is 5.37. The predicted octanol–water partition coefficient (Wildman–Crippen LogP) is 2.93. The third-order valence-corrected chi connectivity index (χ3v) is 8.98. The first-order valence-electron chi connectivity index (χ1n) is 13.5. The molecule has 1 aromatic rings. The molecule has 8 heteroatoms. The zero-order chi connectivity index (χ0) is 24.8. The van der Waals surface area contributed by atoms with Gasteiger partial charge >= 0.3 is 6.03 Å². The Labute approximate surface area is 212 Å². The Morgan fingerprint density at radius 3 is 2.86 bits per heavy atom. The van der Waals surface area contributed by atoms with Gasteiger partial charge in [0.15, 0.2) is 0 Å². The molecule has 2 bridgehead atoms. The number of amides is 4. The topological polar surface area (TPSA) is 82.2 Å². The second kappa shape index (κ2) is 9.54. The summed E-state index contributed by atoms with van der Waals surface area (Å²) >= 11 is 0. The second-order valence-electron chi connectivity index (χ2n) is 11.0. The van der Waals surface area contributed by atoms with E-state index in [-0.39, 0.29) is 30.8 Å². The van der Waals surface area contributed by atoms with Crippen molar-refractivity contribution >= 4 is 17.8 Å². The summed E-state index contributed by atoms with van der Waals surface area (Å²) in [5.74, 6) is 1.34. The van der Waals surface area contributed by atoms with Crippen LogP contribution in [0.3, 0.4) is 0 Å². The lowest BCUT2D eigenvalue weighted by molar-refractivity contribution is -0.139.